The van der Waals surface area contributed by atoms with Crippen molar-refractivity contribution in [2.45, 2.75) is 19.4 Å². The van der Waals surface area contributed by atoms with E-state index < -0.39 is 5.60 Å². The van der Waals surface area contributed by atoms with Crippen LogP contribution in [0.1, 0.15) is 29.8 Å². The molecule has 2 aromatic heterocycles. The number of benzene rings is 3. The predicted molar refractivity (Wildman–Crippen MR) is 122 cm³/mol. The summed E-state index contributed by atoms with van der Waals surface area (Å²) >= 11 is 0. The van der Waals surface area contributed by atoms with Gasteiger partial charge in [-0.05, 0) is 56.3 Å². The van der Waals surface area contributed by atoms with Gasteiger partial charge in [-0.25, -0.2) is 4.79 Å². The number of fused-ring (bicyclic) bond motifs is 3. The minimum absolute atomic E-state index is 0.243. The monoisotopic (exact) mass is 413 g/mol. The average molecular weight is 414 g/mol. The molecule has 0 spiro atoms. The van der Waals surface area contributed by atoms with Gasteiger partial charge in [-0.3, -0.25) is 0 Å². The fraction of sp³-hybridized carbons (Fsp3) is 0.115. The number of carbonyl (C=O) groups is 1. The Morgan fingerprint density at radius 3 is 2.17 bits per heavy atom. The van der Waals surface area contributed by atoms with Crippen LogP contribution in [0.15, 0.2) is 95.8 Å². The molecule has 0 amide bonds. The molecule has 3 nitrogen and oxygen atoms in total. The van der Waals surface area contributed by atoms with Gasteiger partial charge < -0.3 is 9.15 Å². The molecule has 0 atom stereocenters. The van der Waals surface area contributed by atoms with Gasteiger partial charge in [0.2, 0.25) is 0 Å². The normalized spacial score (nSPS) is 11.8. The van der Waals surface area contributed by atoms with Gasteiger partial charge in [0.1, 0.15) is 5.60 Å². The maximum absolute atomic E-state index is 13.0. The number of ether oxygens (including phenoxy) is 1. The van der Waals surface area contributed by atoms with Crippen molar-refractivity contribution in [1.82, 2.24) is 0 Å². The first-order valence-electron chi connectivity index (χ1n) is 9.83. The molecule has 0 saturated heterocycles. The quantitative estimate of drug-likeness (QED) is 0.227. The largest absolute Gasteiger partial charge is 0.472 e. The molecular formula is C26H21O3S+. The third kappa shape index (κ3) is 3.10. The standard InChI is InChI=1S/C26H21O3S/c1-26(2,19-14-15-28-17-19)29-25(27)18-8-7-9-20(16-18)30-23-12-5-3-10-21(23)22-11-4-6-13-24(22)30/h3-17H,1-2H3/q+1. The second-order valence-corrected chi connectivity index (χ2v) is 9.70. The third-order valence-corrected chi connectivity index (χ3v) is 7.69. The Morgan fingerprint density at radius 2 is 1.53 bits per heavy atom. The molecule has 0 aliphatic carbocycles. The lowest BCUT2D eigenvalue weighted by molar-refractivity contribution is -0.00332. The fourth-order valence-corrected chi connectivity index (χ4v) is 6.24. The van der Waals surface area contributed by atoms with Crippen molar-refractivity contribution in [2.24, 2.45) is 0 Å². The summed E-state index contributed by atoms with van der Waals surface area (Å²) in [5.74, 6) is -0.340. The highest BCUT2D eigenvalue weighted by Gasteiger charge is 2.28. The van der Waals surface area contributed by atoms with E-state index in [1.54, 1.807) is 12.5 Å². The number of thiophene rings is 1. The second-order valence-electron chi connectivity index (χ2n) is 7.74. The van der Waals surface area contributed by atoms with Crippen molar-refractivity contribution >= 4 is 36.6 Å². The topological polar surface area (TPSA) is 39.4 Å². The van der Waals surface area contributed by atoms with Crippen LogP contribution in [-0.2, 0) is 10.3 Å². The number of rotatable bonds is 4. The number of hydrogen-bond acceptors (Lipinski definition) is 3. The molecule has 0 unspecified atom stereocenters. The fourth-order valence-electron chi connectivity index (χ4n) is 3.81. The second kappa shape index (κ2) is 7.15. The Labute approximate surface area is 177 Å². The summed E-state index contributed by atoms with van der Waals surface area (Å²) < 4.78 is 13.6. The maximum Gasteiger partial charge on any atom is 0.339 e. The SMILES string of the molecule is CC(C)(OC(=O)c1cccc(-[s+]2c3ccccc3c3ccccc32)c1)c1ccoc1. The molecule has 0 aliphatic heterocycles. The number of hydrogen-bond donors (Lipinski definition) is 0. The Morgan fingerprint density at radius 1 is 0.867 bits per heavy atom. The summed E-state index contributed by atoms with van der Waals surface area (Å²) in [5, 5.41) is 2.54. The number of furan rings is 1. The van der Waals surface area contributed by atoms with Crippen LogP contribution in [-0.4, -0.2) is 5.97 Å². The zero-order chi connectivity index (χ0) is 20.7. The van der Waals surface area contributed by atoms with Crippen LogP contribution in [0, 0.1) is 0 Å². The first-order valence-corrected chi connectivity index (χ1v) is 11.1. The lowest BCUT2D eigenvalue weighted by Crippen LogP contribution is -2.25. The average Bonchev–Trinajstić information content (AvgIpc) is 3.41. The van der Waals surface area contributed by atoms with E-state index in [4.69, 9.17) is 9.15 Å². The van der Waals surface area contributed by atoms with Crippen LogP contribution >= 0.6 is 10.5 Å². The molecule has 0 bridgehead atoms. The number of esters is 1. The van der Waals surface area contributed by atoms with Crippen LogP contribution < -0.4 is 0 Å². The molecule has 3 aromatic carbocycles. The molecule has 30 heavy (non-hydrogen) atoms. The highest BCUT2D eigenvalue weighted by molar-refractivity contribution is 7.50. The summed E-state index contributed by atoms with van der Waals surface area (Å²) in [7, 11) is -0.243. The minimum atomic E-state index is -0.769. The van der Waals surface area contributed by atoms with Gasteiger partial charge in [-0.15, -0.1) is 0 Å². The summed E-state index contributed by atoms with van der Waals surface area (Å²) in [5.41, 5.74) is 0.612. The van der Waals surface area contributed by atoms with E-state index in [1.165, 1.54) is 20.2 Å². The Bertz CT molecular complexity index is 1310. The van der Waals surface area contributed by atoms with Gasteiger partial charge >= 0.3 is 5.97 Å². The first-order chi connectivity index (χ1) is 14.5. The van der Waals surface area contributed by atoms with Crippen LogP contribution in [0.3, 0.4) is 0 Å². The smallest absolute Gasteiger partial charge is 0.339 e. The lowest BCUT2D eigenvalue weighted by atomic mass is 10.0. The van der Waals surface area contributed by atoms with Crippen LogP contribution in [0.25, 0.3) is 25.1 Å². The Kier molecular flexibility index (Phi) is 4.44. The zero-order valence-electron chi connectivity index (χ0n) is 16.8. The molecule has 4 heteroatoms. The highest BCUT2D eigenvalue weighted by Crippen LogP contribution is 2.48. The third-order valence-electron chi connectivity index (χ3n) is 5.37. The van der Waals surface area contributed by atoms with Gasteiger partial charge in [-0.2, -0.15) is 0 Å². The molecule has 5 aromatic rings. The van der Waals surface area contributed by atoms with Crippen LogP contribution in [0.2, 0.25) is 0 Å². The molecule has 0 radical (unpaired) electrons. The minimum Gasteiger partial charge on any atom is -0.472 e. The van der Waals surface area contributed by atoms with Crippen LogP contribution in [0.4, 0.5) is 0 Å². The van der Waals surface area contributed by atoms with Crippen molar-refractivity contribution in [1.29, 1.82) is 0 Å². The van der Waals surface area contributed by atoms with Gasteiger partial charge in [0, 0.05) is 32.9 Å². The van der Waals surface area contributed by atoms with Gasteiger partial charge in [0.05, 0.1) is 18.1 Å². The van der Waals surface area contributed by atoms with Crippen LogP contribution in [0.5, 0.6) is 0 Å². The molecule has 148 valence electrons. The Hall–Kier alpha value is -3.37. The summed E-state index contributed by atoms with van der Waals surface area (Å²) in [6.07, 6.45) is 3.19. The van der Waals surface area contributed by atoms with Crippen molar-refractivity contribution in [3.63, 3.8) is 0 Å². The van der Waals surface area contributed by atoms with E-state index in [2.05, 4.69) is 54.6 Å². The van der Waals surface area contributed by atoms with E-state index in [0.717, 1.165) is 10.5 Å². The van der Waals surface area contributed by atoms with Gasteiger partial charge in [-0.1, -0.05) is 30.3 Å². The number of carbonyl (C=O) groups excluding carboxylic acids is 1. The van der Waals surface area contributed by atoms with Crippen molar-refractivity contribution in [3.8, 4) is 4.90 Å². The van der Waals surface area contributed by atoms with E-state index in [0.29, 0.717) is 5.56 Å². The van der Waals surface area contributed by atoms with Crippen molar-refractivity contribution in [3.05, 3.63) is 103 Å². The lowest BCUT2D eigenvalue weighted by Gasteiger charge is -2.23. The molecular weight excluding hydrogens is 392 g/mol. The van der Waals surface area contributed by atoms with Crippen molar-refractivity contribution in [2.75, 3.05) is 0 Å². The Balaban J connectivity index is 1.58. The van der Waals surface area contributed by atoms with E-state index >= 15 is 0 Å². The van der Waals surface area contributed by atoms with E-state index in [9.17, 15) is 4.79 Å². The molecule has 0 saturated carbocycles. The molecule has 2 heterocycles. The van der Waals surface area contributed by atoms with E-state index in [1.807, 2.05) is 38.1 Å². The highest BCUT2D eigenvalue weighted by atomic mass is 32.2. The summed E-state index contributed by atoms with van der Waals surface area (Å²) in [4.78, 5) is 14.1. The molecule has 5 rings (SSSR count). The summed E-state index contributed by atoms with van der Waals surface area (Å²) in [6, 6.07) is 26.7. The predicted octanol–water partition coefficient (Wildman–Crippen LogP) is 7.42. The van der Waals surface area contributed by atoms with Gasteiger partial charge in [0.15, 0.2) is 14.3 Å². The van der Waals surface area contributed by atoms with E-state index in [-0.39, 0.29) is 16.4 Å². The van der Waals surface area contributed by atoms with Crippen molar-refractivity contribution < 1.29 is 13.9 Å². The first kappa shape index (κ1) is 18.6. The molecule has 0 N–H and O–H groups in total. The maximum atomic E-state index is 13.0. The zero-order valence-corrected chi connectivity index (χ0v) is 17.6. The summed E-state index contributed by atoms with van der Waals surface area (Å²) in [6.45, 7) is 3.73. The molecule has 0 aliphatic rings. The molecule has 0 fully saturated rings. The van der Waals surface area contributed by atoms with Gasteiger partial charge in [0.25, 0.3) is 0 Å².